The number of carbonyl (C=O) groups is 1. The second kappa shape index (κ2) is 9.30. The summed E-state index contributed by atoms with van der Waals surface area (Å²) in [7, 11) is 0. The first kappa shape index (κ1) is 18.3. The van der Waals surface area contributed by atoms with Crippen molar-refractivity contribution in [2.45, 2.75) is 19.4 Å². The van der Waals surface area contributed by atoms with Crippen LogP contribution in [0.25, 0.3) is 0 Å². The number of hydrogen-bond acceptors (Lipinski definition) is 3. The van der Waals surface area contributed by atoms with E-state index in [1.54, 1.807) is 0 Å². The minimum atomic E-state index is 0. The Hall–Kier alpha value is -2.04. The molecule has 0 spiro atoms. The fourth-order valence-electron chi connectivity index (χ4n) is 2.70. The molecule has 5 heteroatoms. The zero-order valence-electron chi connectivity index (χ0n) is 13.5. The van der Waals surface area contributed by atoms with E-state index in [0.29, 0.717) is 6.61 Å². The maximum absolute atomic E-state index is 12.2. The van der Waals surface area contributed by atoms with E-state index in [1.807, 2.05) is 54.6 Å². The Bertz CT molecular complexity index is 626. The van der Waals surface area contributed by atoms with Gasteiger partial charge in [-0.2, -0.15) is 0 Å². The Balaban J connectivity index is 0.00000208. The molecule has 1 atom stereocenters. The zero-order valence-corrected chi connectivity index (χ0v) is 14.4. The molecule has 1 fully saturated rings. The zero-order chi connectivity index (χ0) is 15.9. The molecule has 1 aliphatic rings. The third kappa shape index (κ3) is 5.25. The van der Waals surface area contributed by atoms with Gasteiger partial charge in [0.15, 0.2) is 0 Å². The highest BCUT2D eigenvalue weighted by Crippen LogP contribution is 2.19. The minimum Gasteiger partial charge on any atom is -0.489 e. The summed E-state index contributed by atoms with van der Waals surface area (Å²) in [5.41, 5.74) is 1.95. The van der Waals surface area contributed by atoms with Gasteiger partial charge in [0.25, 0.3) is 0 Å². The van der Waals surface area contributed by atoms with Crippen molar-refractivity contribution >= 4 is 24.0 Å². The molecule has 0 radical (unpaired) electrons. The van der Waals surface area contributed by atoms with Crippen molar-refractivity contribution in [2.24, 2.45) is 5.92 Å². The summed E-state index contributed by atoms with van der Waals surface area (Å²) >= 11 is 0. The monoisotopic (exact) mass is 346 g/mol. The smallest absolute Gasteiger partial charge is 0.228 e. The fourth-order valence-corrected chi connectivity index (χ4v) is 2.70. The van der Waals surface area contributed by atoms with Crippen LogP contribution in [0.3, 0.4) is 0 Å². The number of hydrogen-bond donors (Lipinski definition) is 2. The van der Waals surface area contributed by atoms with Crippen LogP contribution in [0.1, 0.15) is 18.4 Å². The predicted octanol–water partition coefficient (Wildman–Crippen LogP) is 3.63. The molecule has 2 aromatic carbocycles. The molecule has 1 amide bonds. The van der Waals surface area contributed by atoms with E-state index in [9.17, 15) is 4.79 Å². The molecule has 2 aromatic rings. The van der Waals surface area contributed by atoms with Crippen molar-refractivity contribution in [3.63, 3.8) is 0 Å². The first-order chi connectivity index (χ1) is 11.3. The number of rotatable bonds is 5. The average molecular weight is 347 g/mol. The average Bonchev–Trinajstić information content (AvgIpc) is 2.63. The molecule has 0 aliphatic carbocycles. The number of amides is 1. The van der Waals surface area contributed by atoms with Gasteiger partial charge >= 0.3 is 0 Å². The van der Waals surface area contributed by atoms with Gasteiger partial charge in [0.1, 0.15) is 12.4 Å². The minimum absolute atomic E-state index is 0. The van der Waals surface area contributed by atoms with Crippen LogP contribution in [0.2, 0.25) is 0 Å². The first-order valence-electron chi connectivity index (χ1n) is 8.09. The van der Waals surface area contributed by atoms with E-state index >= 15 is 0 Å². The summed E-state index contributed by atoms with van der Waals surface area (Å²) in [6.07, 6.45) is 2.02. The lowest BCUT2D eigenvalue weighted by molar-refractivity contribution is -0.120. The molecule has 24 heavy (non-hydrogen) atoms. The number of ether oxygens (including phenoxy) is 1. The number of piperidine rings is 1. The second-order valence-corrected chi connectivity index (χ2v) is 5.83. The van der Waals surface area contributed by atoms with Crippen LogP contribution >= 0.6 is 12.4 Å². The summed E-state index contributed by atoms with van der Waals surface area (Å²) in [6, 6.07) is 17.6. The molecule has 1 heterocycles. The third-order valence-corrected chi connectivity index (χ3v) is 4.04. The number of carbonyl (C=O) groups excluding carboxylic acids is 1. The molecule has 0 aromatic heterocycles. The van der Waals surface area contributed by atoms with Gasteiger partial charge in [0, 0.05) is 12.2 Å². The Morgan fingerprint density at radius 3 is 2.54 bits per heavy atom. The summed E-state index contributed by atoms with van der Waals surface area (Å²) in [4.78, 5) is 12.2. The molecule has 1 saturated heterocycles. The van der Waals surface area contributed by atoms with E-state index in [0.717, 1.165) is 42.9 Å². The van der Waals surface area contributed by atoms with Crippen LogP contribution in [-0.4, -0.2) is 19.0 Å². The third-order valence-electron chi connectivity index (χ3n) is 4.04. The molecular formula is C19H23ClN2O2. The SMILES string of the molecule is Cl.O=C(Nc1ccc(OCc2ccccc2)cc1)C1CCCNC1. The Labute approximate surface area is 149 Å². The van der Waals surface area contributed by atoms with Gasteiger partial charge in [-0.05, 0) is 49.2 Å². The van der Waals surface area contributed by atoms with Gasteiger partial charge in [-0.25, -0.2) is 0 Å². The van der Waals surface area contributed by atoms with Gasteiger partial charge in [-0.3, -0.25) is 4.79 Å². The molecule has 1 aliphatic heterocycles. The quantitative estimate of drug-likeness (QED) is 0.869. The maximum atomic E-state index is 12.2. The van der Waals surface area contributed by atoms with Crippen molar-refractivity contribution < 1.29 is 9.53 Å². The van der Waals surface area contributed by atoms with Gasteiger partial charge in [0.05, 0.1) is 5.92 Å². The summed E-state index contributed by atoms with van der Waals surface area (Å²) in [5.74, 6) is 0.957. The molecule has 0 saturated carbocycles. The number of anilines is 1. The van der Waals surface area contributed by atoms with Crippen molar-refractivity contribution in [1.29, 1.82) is 0 Å². The van der Waals surface area contributed by atoms with Gasteiger partial charge in [0.2, 0.25) is 5.91 Å². The van der Waals surface area contributed by atoms with Crippen LogP contribution < -0.4 is 15.4 Å². The number of halogens is 1. The van der Waals surface area contributed by atoms with Crippen molar-refractivity contribution in [3.8, 4) is 5.75 Å². The van der Waals surface area contributed by atoms with Gasteiger partial charge < -0.3 is 15.4 Å². The highest BCUT2D eigenvalue weighted by molar-refractivity contribution is 5.92. The summed E-state index contributed by atoms with van der Waals surface area (Å²) in [5, 5.41) is 6.24. The van der Waals surface area contributed by atoms with Crippen LogP contribution in [0.5, 0.6) is 5.75 Å². The lowest BCUT2D eigenvalue weighted by atomic mass is 9.99. The second-order valence-electron chi connectivity index (χ2n) is 5.83. The van der Waals surface area contributed by atoms with Crippen LogP contribution in [0, 0.1) is 5.92 Å². The van der Waals surface area contributed by atoms with Crippen LogP contribution in [0.4, 0.5) is 5.69 Å². The predicted molar refractivity (Wildman–Crippen MR) is 98.7 cm³/mol. The van der Waals surface area contributed by atoms with E-state index in [-0.39, 0.29) is 24.2 Å². The lowest BCUT2D eigenvalue weighted by Crippen LogP contribution is -2.37. The Kier molecular flexibility index (Phi) is 7.09. The molecule has 128 valence electrons. The molecular weight excluding hydrogens is 324 g/mol. The normalized spacial score (nSPS) is 16.8. The van der Waals surface area contributed by atoms with E-state index in [1.165, 1.54) is 0 Å². The molecule has 0 bridgehead atoms. The lowest BCUT2D eigenvalue weighted by Gasteiger charge is -2.21. The maximum Gasteiger partial charge on any atom is 0.228 e. The topological polar surface area (TPSA) is 50.4 Å². The summed E-state index contributed by atoms with van der Waals surface area (Å²) < 4.78 is 5.75. The largest absolute Gasteiger partial charge is 0.489 e. The number of nitrogens with one attached hydrogen (secondary N) is 2. The molecule has 4 nitrogen and oxygen atoms in total. The van der Waals surface area contributed by atoms with Gasteiger partial charge in [-0.15, -0.1) is 12.4 Å². The molecule has 1 unspecified atom stereocenters. The van der Waals surface area contributed by atoms with Crippen LogP contribution in [-0.2, 0) is 11.4 Å². The van der Waals surface area contributed by atoms with E-state index in [4.69, 9.17) is 4.74 Å². The van der Waals surface area contributed by atoms with E-state index in [2.05, 4.69) is 10.6 Å². The standard InChI is InChI=1S/C19H22N2O2.ClH/c22-19(16-7-4-12-20-13-16)21-17-8-10-18(11-9-17)23-14-15-5-2-1-3-6-15;/h1-3,5-6,8-11,16,20H,4,7,12-14H2,(H,21,22);1H. The number of benzene rings is 2. The molecule has 2 N–H and O–H groups in total. The van der Waals surface area contributed by atoms with E-state index < -0.39 is 0 Å². The molecule has 3 rings (SSSR count). The first-order valence-corrected chi connectivity index (χ1v) is 8.09. The Morgan fingerprint density at radius 2 is 1.88 bits per heavy atom. The van der Waals surface area contributed by atoms with Crippen molar-refractivity contribution in [2.75, 3.05) is 18.4 Å². The fraction of sp³-hybridized carbons (Fsp3) is 0.316. The van der Waals surface area contributed by atoms with Crippen LogP contribution in [0.15, 0.2) is 54.6 Å². The van der Waals surface area contributed by atoms with Crippen molar-refractivity contribution in [3.05, 3.63) is 60.2 Å². The highest BCUT2D eigenvalue weighted by atomic mass is 35.5. The Morgan fingerprint density at radius 1 is 1.12 bits per heavy atom. The van der Waals surface area contributed by atoms with Gasteiger partial charge in [-0.1, -0.05) is 30.3 Å². The highest BCUT2D eigenvalue weighted by Gasteiger charge is 2.20. The van der Waals surface area contributed by atoms with Crippen molar-refractivity contribution in [1.82, 2.24) is 5.32 Å². The summed E-state index contributed by atoms with van der Waals surface area (Å²) in [6.45, 7) is 2.32.